The third kappa shape index (κ3) is 3.17. The van der Waals surface area contributed by atoms with Gasteiger partial charge in [0.05, 0.1) is 6.20 Å². The largest absolute Gasteiger partial charge is 0.324 e. The average Bonchev–Trinajstić information content (AvgIpc) is 2.77. The summed E-state index contributed by atoms with van der Waals surface area (Å²) in [5.41, 5.74) is 7.81. The van der Waals surface area contributed by atoms with Crippen molar-refractivity contribution >= 4 is 0 Å². The molecule has 2 rings (SSSR count). The molecule has 1 atom stereocenters. The molecule has 3 nitrogen and oxygen atoms in total. The molecule has 0 fully saturated rings. The molecule has 0 spiro atoms. The summed E-state index contributed by atoms with van der Waals surface area (Å²) in [6.45, 7) is 1.60. The molecule has 0 saturated heterocycles. The second kappa shape index (κ2) is 5.48. The first-order chi connectivity index (χ1) is 8.97. The maximum absolute atomic E-state index is 13.7. The highest BCUT2D eigenvalue weighted by Gasteiger charge is 2.14. The topological polar surface area (TPSA) is 43.8 Å². The third-order valence-corrected chi connectivity index (χ3v) is 3.18. The van der Waals surface area contributed by atoms with Crippen molar-refractivity contribution in [2.75, 3.05) is 0 Å². The Morgan fingerprint density at radius 2 is 2.05 bits per heavy atom. The van der Waals surface area contributed by atoms with E-state index in [0.29, 0.717) is 24.0 Å². The Balaban J connectivity index is 2.07. The van der Waals surface area contributed by atoms with Crippen LogP contribution in [0, 0.1) is 18.6 Å². The number of rotatable bonds is 4. The van der Waals surface area contributed by atoms with Gasteiger partial charge >= 0.3 is 0 Å². The van der Waals surface area contributed by atoms with E-state index >= 15 is 0 Å². The van der Waals surface area contributed by atoms with Crippen LogP contribution in [0.4, 0.5) is 8.78 Å². The molecular formula is C14H17F2N3. The molecule has 5 heteroatoms. The summed E-state index contributed by atoms with van der Waals surface area (Å²) in [5.74, 6) is -1.12. The van der Waals surface area contributed by atoms with Gasteiger partial charge in [-0.3, -0.25) is 4.68 Å². The van der Waals surface area contributed by atoms with Crippen molar-refractivity contribution in [1.82, 2.24) is 9.78 Å². The van der Waals surface area contributed by atoms with Crippen LogP contribution in [0.3, 0.4) is 0 Å². The maximum atomic E-state index is 13.7. The Kier molecular flexibility index (Phi) is 3.95. The zero-order valence-electron chi connectivity index (χ0n) is 11.0. The molecular weight excluding hydrogens is 248 g/mol. The van der Waals surface area contributed by atoms with Crippen LogP contribution in [0.1, 0.15) is 29.2 Å². The van der Waals surface area contributed by atoms with Crippen molar-refractivity contribution in [3.8, 4) is 0 Å². The number of benzene rings is 1. The smallest absolute Gasteiger partial charge is 0.130 e. The lowest BCUT2D eigenvalue weighted by atomic mass is 9.99. The molecule has 1 aromatic carbocycles. The maximum Gasteiger partial charge on any atom is 0.130 e. The van der Waals surface area contributed by atoms with Crippen LogP contribution in [-0.2, 0) is 13.5 Å². The Hall–Kier alpha value is -1.75. The zero-order valence-corrected chi connectivity index (χ0v) is 11.0. The molecule has 1 aromatic heterocycles. The predicted molar refractivity (Wildman–Crippen MR) is 69.6 cm³/mol. The number of aromatic nitrogens is 2. The summed E-state index contributed by atoms with van der Waals surface area (Å²) in [6.07, 6.45) is 4.97. The van der Waals surface area contributed by atoms with Gasteiger partial charge in [0.25, 0.3) is 0 Å². The van der Waals surface area contributed by atoms with Crippen molar-refractivity contribution in [1.29, 1.82) is 0 Å². The molecule has 2 N–H and O–H groups in total. The fraction of sp³-hybridized carbons (Fsp3) is 0.357. The molecule has 2 aromatic rings. The summed E-state index contributed by atoms with van der Waals surface area (Å²) in [7, 11) is 1.84. The second-order valence-corrected chi connectivity index (χ2v) is 4.79. The fourth-order valence-corrected chi connectivity index (χ4v) is 2.04. The van der Waals surface area contributed by atoms with Crippen LogP contribution in [0.15, 0.2) is 24.5 Å². The van der Waals surface area contributed by atoms with Crippen LogP contribution in [0.2, 0.25) is 0 Å². The van der Waals surface area contributed by atoms with Gasteiger partial charge in [-0.2, -0.15) is 5.10 Å². The predicted octanol–water partition coefficient (Wildman–Crippen LogP) is 2.64. The SMILES string of the molecule is Cc1cc(C(N)CCc2cnn(C)c2)c(F)cc1F. The first-order valence-electron chi connectivity index (χ1n) is 6.16. The van der Waals surface area contributed by atoms with Gasteiger partial charge in [-0.25, -0.2) is 8.78 Å². The van der Waals surface area contributed by atoms with Crippen molar-refractivity contribution in [2.24, 2.45) is 12.8 Å². The highest BCUT2D eigenvalue weighted by molar-refractivity contribution is 5.28. The summed E-state index contributed by atoms with van der Waals surface area (Å²) in [6, 6.07) is 1.94. The van der Waals surface area contributed by atoms with E-state index in [4.69, 9.17) is 5.73 Å². The molecule has 0 radical (unpaired) electrons. The fourth-order valence-electron chi connectivity index (χ4n) is 2.04. The first-order valence-corrected chi connectivity index (χ1v) is 6.16. The summed E-state index contributed by atoms with van der Waals surface area (Å²) in [4.78, 5) is 0. The van der Waals surface area contributed by atoms with Crippen LogP contribution < -0.4 is 5.73 Å². The Labute approximate surface area is 111 Å². The van der Waals surface area contributed by atoms with Crippen LogP contribution in [0.25, 0.3) is 0 Å². The Morgan fingerprint density at radius 3 is 2.68 bits per heavy atom. The van der Waals surface area contributed by atoms with Crippen LogP contribution in [-0.4, -0.2) is 9.78 Å². The monoisotopic (exact) mass is 265 g/mol. The Bertz CT molecular complexity index is 578. The van der Waals surface area contributed by atoms with Gasteiger partial charge < -0.3 is 5.73 Å². The number of halogens is 2. The van der Waals surface area contributed by atoms with E-state index in [9.17, 15) is 8.78 Å². The first kappa shape index (κ1) is 13.7. The van der Waals surface area contributed by atoms with E-state index in [1.165, 1.54) is 6.07 Å². The van der Waals surface area contributed by atoms with Gasteiger partial charge in [0.1, 0.15) is 11.6 Å². The highest BCUT2D eigenvalue weighted by Crippen LogP contribution is 2.22. The Morgan fingerprint density at radius 1 is 1.32 bits per heavy atom. The van der Waals surface area contributed by atoms with Crippen molar-refractivity contribution < 1.29 is 8.78 Å². The number of nitrogens with two attached hydrogens (primary N) is 1. The van der Waals surface area contributed by atoms with Crippen LogP contribution in [0.5, 0.6) is 0 Å². The van der Waals surface area contributed by atoms with Crippen LogP contribution >= 0.6 is 0 Å². The molecule has 0 bridgehead atoms. The van der Waals surface area contributed by atoms with E-state index in [0.717, 1.165) is 11.6 Å². The van der Waals surface area contributed by atoms with Gasteiger partial charge in [0, 0.05) is 30.9 Å². The number of hydrogen-bond acceptors (Lipinski definition) is 2. The lowest BCUT2D eigenvalue weighted by Gasteiger charge is -2.13. The third-order valence-electron chi connectivity index (χ3n) is 3.18. The van der Waals surface area contributed by atoms with Crippen molar-refractivity contribution in [3.05, 3.63) is 52.9 Å². The standard InChI is InChI=1S/C14H17F2N3/c1-9-5-11(13(16)6-12(9)15)14(17)4-3-10-7-18-19(2)8-10/h5-8,14H,3-4,17H2,1-2H3. The number of nitrogens with zero attached hydrogens (tertiary/aromatic N) is 2. The zero-order chi connectivity index (χ0) is 14.0. The second-order valence-electron chi connectivity index (χ2n) is 4.79. The van der Waals surface area contributed by atoms with Gasteiger partial charge in [0.2, 0.25) is 0 Å². The molecule has 0 amide bonds. The van der Waals surface area contributed by atoms with Gasteiger partial charge in [0.15, 0.2) is 0 Å². The summed E-state index contributed by atoms with van der Waals surface area (Å²) < 4.78 is 28.6. The lowest BCUT2D eigenvalue weighted by molar-refractivity contribution is 0.540. The molecule has 0 saturated carbocycles. The molecule has 1 heterocycles. The minimum atomic E-state index is -0.582. The van der Waals surface area contributed by atoms with Gasteiger partial charge in [-0.05, 0) is 37.0 Å². The minimum absolute atomic E-state index is 0.364. The van der Waals surface area contributed by atoms with Gasteiger partial charge in [-0.1, -0.05) is 0 Å². The van der Waals surface area contributed by atoms with E-state index in [-0.39, 0.29) is 0 Å². The number of hydrogen-bond donors (Lipinski definition) is 1. The molecule has 19 heavy (non-hydrogen) atoms. The van der Waals surface area contributed by atoms with E-state index in [2.05, 4.69) is 5.10 Å². The molecule has 1 unspecified atom stereocenters. The average molecular weight is 265 g/mol. The van der Waals surface area contributed by atoms with Crippen molar-refractivity contribution in [3.63, 3.8) is 0 Å². The molecule has 102 valence electrons. The minimum Gasteiger partial charge on any atom is -0.324 e. The highest BCUT2D eigenvalue weighted by atomic mass is 19.1. The van der Waals surface area contributed by atoms with E-state index in [1.54, 1.807) is 17.8 Å². The summed E-state index contributed by atoms with van der Waals surface area (Å²) in [5, 5.41) is 4.06. The number of aryl methyl sites for hydroxylation is 3. The quantitative estimate of drug-likeness (QED) is 0.923. The van der Waals surface area contributed by atoms with E-state index in [1.807, 2.05) is 13.2 Å². The van der Waals surface area contributed by atoms with E-state index < -0.39 is 17.7 Å². The normalized spacial score (nSPS) is 12.7. The lowest BCUT2D eigenvalue weighted by Crippen LogP contribution is -2.14. The molecule has 0 aliphatic heterocycles. The van der Waals surface area contributed by atoms with Crippen molar-refractivity contribution in [2.45, 2.75) is 25.8 Å². The molecule has 0 aliphatic carbocycles. The molecule has 0 aliphatic rings. The van der Waals surface area contributed by atoms with Gasteiger partial charge in [-0.15, -0.1) is 0 Å². The summed E-state index contributed by atoms with van der Waals surface area (Å²) >= 11 is 0.